The summed E-state index contributed by atoms with van der Waals surface area (Å²) in [5.41, 5.74) is 5.74. The van der Waals surface area contributed by atoms with Gasteiger partial charge in [0.25, 0.3) is 11.7 Å². The van der Waals surface area contributed by atoms with Crippen LogP contribution in [-0.2, 0) is 19.1 Å². The molecular formula is C49H69N7O10. The van der Waals surface area contributed by atoms with Crippen molar-refractivity contribution in [1.82, 2.24) is 9.91 Å². The number of phenolic OH excluding ortho intramolecular Hbond substituents is 2. The Bertz CT molecular complexity index is 2460. The van der Waals surface area contributed by atoms with Crippen LogP contribution in [0, 0.1) is 36.5 Å². The van der Waals surface area contributed by atoms with Crippen LogP contribution in [0.1, 0.15) is 103 Å². The fourth-order valence-electron chi connectivity index (χ4n) is 9.59. The van der Waals surface area contributed by atoms with Crippen molar-refractivity contribution in [1.29, 1.82) is 0 Å². The Labute approximate surface area is 386 Å². The summed E-state index contributed by atoms with van der Waals surface area (Å²) in [5, 5.41) is 49.4. The third-order valence-corrected chi connectivity index (χ3v) is 13.2. The molecule has 0 saturated carbocycles. The van der Waals surface area contributed by atoms with Gasteiger partial charge in [-0.15, -0.1) is 0 Å². The molecule has 1 saturated heterocycles. The molecular weight excluding hydrogens is 847 g/mol. The molecule has 5 bridgehead atoms. The molecule has 0 radical (unpaired) electrons. The summed E-state index contributed by atoms with van der Waals surface area (Å²) in [7, 11) is 0. The van der Waals surface area contributed by atoms with Gasteiger partial charge in [0.15, 0.2) is 11.4 Å². The van der Waals surface area contributed by atoms with Crippen LogP contribution in [0.25, 0.3) is 10.8 Å². The number of fused-ring (bicyclic) bond motifs is 13. The number of nitrogens with one attached hydrogen (secondary N) is 1. The number of ketones is 1. The van der Waals surface area contributed by atoms with Gasteiger partial charge in [-0.3, -0.25) is 24.4 Å². The van der Waals surface area contributed by atoms with Gasteiger partial charge in [-0.05, 0) is 56.4 Å². The van der Waals surface area contributed by atoms with Crippen LogP contribution in [-0.4, -0.2) is 104 Å². The molecule has 5 heterocycles. The molecule has 5 aliphatic rings. The van der Waals surface area contributed by atoms with Gasteiger partial charge in [0.05, 0.1) is 28.7 Å². The van der Waals surface area contributed by atoms with Crippen LogP contribution < -0.4 is 32.3 Å². The molecule has 9 N–H and O–H groups in total. The Kier molecular flexibility index (Phi) is 15.3. The summed E-state index contributed by atoms with van der Waals surface area (Å²) in [6.45, 7) is 18.4. The number of aliphatic hydroxyl groups is 2. The molecule has 1 spiro atoms. The summed E-state index contributed by atoms with van der Waals surface area (Å²) < 4.78 is 18.5. The lowest BCUT2D eigenvalue weighted by molar-refractivity contribution is -0.159. The van der Waals surface area contributed by atoms with E-state index in [4.69, 9.17) is 35.8 Å². The van der Waals surface area contributed by atoms with Gasteiger partial charge < -0.3 is 55.6 Å². The zero-order valence-electron chi connectivity index (χ0n) is 39.8. The maximum absolute atomic E-state index is 14.7. The number of ether oxygens (including phenoxy) is 3. The van der Waals surface area contributed by atoms with Crippen LogP contribution in [0.15, 0.2) is 58.0 Å². The smallest absolute Gasteiger partial charge is 0.327 e. The van der Waals surface area contributed by atoms with Crippen LogP contribution in [0.4, 0.5) is 5.69 Å². The maximum atomic E-state index is 14.7. The van der Waals surface area contributed by atoms with E-state index in [0.717, 1.165) is 11.6 Å². The number of phenols is 2. The Morgan fingerprint density at radius 3 is 2.42 bits per heavy atom. The van der Waals surface area contributed by atoms with Crippen molar-refractivity contribution in [3.05, 3.63) is 69.9 Å². The summed E-state index contributed by atoms with van der Waals surface area (Å²) >= 11 is 0. The first kappa shape index (κ1) is 49.9. The molecule has 17 nitrogen and oxygen atoms in total. The maximum Gasteiger partial charge on any atom is 0.327 e. The largest absolute Gasteiger partial charge is 0.507 e. The Morgan fingerprint density at radius 1 is 1.08 bits per heavy atom. The molecule has 7 rings (SSSR count). The van der Waals surface area contributed by atoms with Crippen LogP contribution in [0.5, 0.6) is 17.2 Å². The lowest BCUT2D eigenvalue weighted by Crippen LogP contribution is -2.43. The first-order valence-corrected chi connectivity index (χ1v) is 23.0. The number of carbonyl (C=O) groups excluding carboxylic acids is 3. The molecule has 1 amide bonds. The van der Waals surface area contributed by atoms with Crippen molar-refractivity contribution < 1.29 is 49.0 Å². The summed E-state index contributed by atoms with van der Waals surface area (Å²) in [4.78, 5) is 54.7. The number of hydrazine groups is 1. The number of hydrogen-bond donors (Lipinski definition) is 7. The molecule has 5 aliphatic heterocycles. The SMILES string of the molecule is C/C1=C/C=C/C(C)C[C@@H](C)C(O)[C@@H](C)[C@H](OC(=O)CN(N)/C=C(\N)CCO)[C@H](C)C/C=C/O[C@@]2(C)Oc3c(C)c(O)c4c(O)c(c5c(c4c3C2=O)=NC2(CCN(CC(C)C)CC2)N=5)NC1=O. The van der Waals surface area contributed by atoms with Crippen molar-refractivity contribution in [2.45, 2.75) is 118 Å². The topological polar surface area (TPSA) is 255 Å². The van der Waals surface area contributed by atoms with Gasteiger partial charge in [-0.25, -0.2) is 5.84 Å². The highest BCUT2D eigenvalue weighted by molar-refractivity contribution is 6.19. The fourth-order valence-corrected chi connectivity index (χ4v) is 9.59. The van der Waals surface area contributed by atoms with Gasteiger partial charge >= 0.3 is 11.8 Å². The van der Waals surface area contributed by atoms with Gasteiger partial charge in [-0.2, -0.15) is 0 Å². The molecule has 17 heteroatoms. The number of aliphatic hydroxyl groups excluding tert-OH is 2. The first-order chi connectivity index (χ1) is 31.1. The van der Waals surface area contributed by atoms with E-state index in [1.165, 1.54) is 19.4 Å². The number of nitrogens with two attached hydrogens (primary N) is 2. The minimum atomic E-state index is -1.92. The van der Waals surface area contributed by atoms with Crippen LogP contribution in [0.3, 0.4) is 0 Å². The van der Waals surface area contributed by atoms with E-state index in [1.54, 1.807) is 32.1 Å². The van der Waals surface area contributed by atoms with E-state index in [-0.39, 0.29) is 99.2 Å². The number of hydrogen-bond acceptors (Lipinski definition) is 16. The quantitative estimate of drug-likeness (QED) is 0.0834. The highest BCUT2D eigenvalue weighted by Gasteiger charge is 2.50. The molecule has 66 heavy (non-hydrogen) atoms. The lowest BCUT2D eigenvalue weighted by Gasteiger charge is -2.36. The van der Waals surface area contributed by atoms with E-state index in [0.29, 0.717) is 43.8 Å². The Hall–Kier alpha value is -5.49. The van der Waals surface area contributed by atoms with E-state index in [2.05, 4.69) is 24.1 Å². The summed E-state index contributed by atoms with van der Waals surface area (Å²) in [6, 6.07) is 0. The number of esters is 1. The van der Waals surface area contributed by atoms with E-state index >= 15 is 0 Å². The molecule has 2 aromatic rings. The zero-order valence-corrected chi connectivity index (χ0v) is 39.8. The molecule has 1 fully saturated rings. The van der Waals surface area contributed by atoms with E-state index in [1.807, 2.05) is 33.8 Å². The Balaban J connectivity index is 1.43. The van der Waals surface area contributed by atoms with Crippen LogP contribution >= 0.6 is 0 Å². The third-order valence-electron chi connectivity index (χ3n) is 13.2. The van der Waals surface area contributed by atoms with Crippen molar-refractivity contribution in [3.63, 3.8) is 0 Å². The van der Waals surface area contributed by atoms with Crippen molar-refractivity contribution in [2.75, 3.05) is 38.1 Å². The van der Waals surface area contributed by atoms with Gasteiger partial charge in [0.2, 0.25) is 0 Å². The summed E-state index contributed by atoms with van der Waals surface area (Å²) in [5.74, 6) is 0.851. The van der Waals surface area contributed by atoms with Gasteiger partial charge in [-0.1, -0.05) is 59.8 Å². The molecule has 7 atom stereocenters. The van der Waals surface area contributed by atoms with Crippen molar-refractivity contribution >= 4 is 34.1 Å². The highest BCUT2D eigenvalue weighted by atomic mass is 16.7. The molecule has 2 unspecified atom stereocenters. The Morgan fingerprint density at radius 2 is 1.76 bits per heavy atom. The molecule has 360 valence electrons. The number of amides is 1. The molecule has 2 aromatic carbocycles. The second-order valence-electron chi connectivity index (χ2n) is 19.4. The number of aromatic hydroxyl groups is 2. The predicted molar refractivity (Wildman–Crippen MR) is 249 cm³/mol. The van der Waals surface area contributed by atoms with Crippen LogP contribution in [0.2, 0.25) is 0 Å². The zero-order chi connectivity index (χ0) is 48.4. The summed E-state index contributed by atoms with van der Waals surface area (Å²) in [6.07, 6.45) is 10.2. The fraction of sp³-hybridized carbons (Fsp3) is 0.571. The second-order valence-corrected chi connectivity index (χ2v) is 19.4. The van der Waals surface area contributed by atoms with Crippen molar-refractivity contribution in [2.24, 2.45) is 51.2 Å². The second kappa shape index (κ2) is 20.2. The monoisotopic (exact) mass is 916 g/mol. The molecule has 0 aliphatic carbocycles. The van der Waals surface area contributed by atoms with E-state index < -0.39 is 53.0 Å². The average Bonchev–Trinajstić information content (AvgIpc) is 3.75. The third kappa shape index (κ3) is 10.4. The number of rotatable bonds is 8. The van der Waals surface area contributed by atoms with Crippen molar-refractivity contribution in [3.8, 4) is 17.2 Å². The standard InChI is InChI=1S/C49H69N7O10/c1-26(2)23-55-18-16-49(17-19-55)53-38-35-36-42(60)32(8)45-37(35)46(62)48(9,66-45)64-21-11-14-28(4)44(65-34(58)25-56(51)24-33(50)15-20-57)31(7)41(59)30(6)22-27(3)12-10-13-29(5)47(63)52-40(43(36)61)39(38)54-49/h10-13,21,24,26-28,30-31,41,44,57,59-61H,14-20,22-23,25,50-51H2,1-9H3,(H,52,63)/b12-10+,21-11+,29-13-,33-24-/t27?,28-,30-,31-,41?,44-,48+/m1/s1. The predicted octanol–water partition coefficient (Wildman–Crippen LogP) is 4.49. The molecule has 0 aromatic heterocycles. The van der Waals surface area contributed by atoms with Gasteiger partial charge in [0, 0.05) is 86.8 Å². The van der Waals surface area contributed by atoms with E-state index in [9.17, 15) is 34.8 Å². The lowest BCUT2D eigenvalue weighted by atomic mass is 9.80. The number of nitrogens with zero attached hydrogens (tertiary/aromatic N) is 4. The average molecular weight is 916 g/mol. The normalized spacial score (nSPS) is 29.0. The minimum absolute atomic E-state index is 0.0229. The number of piperidine rings is 1. The number of benzene rings is 2. The number of anilines is 1. The van der Waals surface area contributed by atoms with Gasteiger partial charge in [0.1, 0.15) is 35.2 Å². The number of carbonyl (C=O) groups is 3. The highest BCUT2D eigenvalue weighted by Crippen LogP contribution is 2.50. The number of likely N-dealkylation sites (tertiary alicyclic amines) is 1. The number of Topliss-reactive ketones (excluding diaryl/α,β-unsaturated/α-hetero) is 1. The first-order valence-electron chi connectivity index (χ1n) is 23.0. The number of allylic oxidation sites excluding steroid dienone is 4. The minimum Gasteiger partial charge on any atom is -0.507 e.